The monoisotopic (exact) mass is 254 g/mol. The van der Waals surface area contributed by atoms with Crippen molar-refractivity contribution in [3.63, 3.8) is 0 Å². The van der Waals surface area contributed by atoms with Gasteiger partial charge in [0.2, 0.25) is 0 Å². The van der Waals surface area contributed by atoms with Crippen molar-refractivity contribution in [2.24, 2.45) is 0 Å². The molecule has 2 amide bonds. The summed E-state index contributed by atoms with van der Waals surface area (Å²) in [5.41, 5.74) is 1.68. The van der Waals surface area contributed by atoms with Gasteiger partial charge in [0.25, 0.3) is 11.8 Å². The summed E-state index contributed by atoms with van der Waals surface area (Å²) >= 11 is 0. The average Bonchev–Trinajstić information content (AvgIpc) is 2.47. The Hall–Kier alpha value is -2.62. The summed E-state index contributed by atoms with van der Waals surface area (Å²) in [5.74, 6) is -0.384. The Labute approximate surface area is 111 Å². The van der Waals surface area contributed by atoms with E-state index >= 15 is 0 Å². The van der Waals surface area contributed by atoms with E-state index in [9.17, 15) is 9.59 Å². The van der Waals surface area contributed by atoms with Crippen molar-refractivity contribution in [3.8, 4) is 0 Å². The predicted octanol–water partition coefficient (Wildman–Crippen LogP) is 2.30. The van der Waals surface area contributed by atoms with Gasteiger partial charge in [-0.1, -0.05) is 24.3 Å². The van der Waals surface area contributed by atoms with Crippen LogP contribution in [0.25, 0.3) is 0 Å². The molecule has 0 spiro atoms. The standard InChI is InChI=1S/C15H14N2O2/c1-16-14(18)12-8-5-9-13(10-12)17-15(19)11-6-3-2-4-7-11/h2-10H,1H3,(H,16,18)(H,17,19). The largest absolute Gasteiger partial charge is 0.355 e. The first kappa shape index (κ1) is 12.8. The van der Waals surface area contributed by atoms with Crippen molar-refractivity contribution in [1.29, 1.82) is 0 Å². The normalized spacial score (nSPS) is 9.74. The minimum atomic E-state index is -0.199. The van der Waals surface area contributed by atoms with E-state index in [0.29, 0.717) is 16.8 Å². The molecule has 2 aromatic carbocycles. The van der Waals surface area contributed by atoms with Gasteiger partial charge >= 0.3 is 0 Å². The molecular formula is C15H14N2O2. The van der Waals surface area contributed by atoms with Crippen LogP contribution in [-0.4, -0.2) is 18.9 Å². The van der Waals surface area contributed by atoms with E-state index in [1.54, 1.807) is 55.6 Å². The fourth-order valence-electron chi connectivity index (χ4n) is 1.68. The second-order valence-corrected chi connectivity index (χ2v) is 3.98. The third-order valence-corrected chi connectivity index (χ3v) is 2.65. The smallest absolute Gasteiger partial charge is 0.255 e. The van der Waals surface area contributed by atoms with Crippen molar-refractivity contribution < 1.29 is 9.59 Å². The molecule has 0 atom stereocenters. The number of hydrogen-bond acceptors (Lipinski definition) is 2. The van der Waals surface area contributed by atoms with E-state index in [4.69, 9.17) is 0 Å². The maximum Gasteiger partial charge on any atom is 0.255 e. The van der Waals surface area contributed by atoms with E-state index < -0.39 is 0 Å². The van der Waals surface area contributed by atoms with Crippen LogP contribution in [0.1, 0.15) is 20.7 Å². The highest BCUT2D eigenvalue weighted by Gasteiger charge is 2.07. The SMILES string of the molecule is CNC(=O)c1cccc(NC(=O)c2ccccc2)c1. The van der Waals surface area contributed by atoms with Gasteiger partial charge in [-0.25, -0.2) is 0 Å². The predicted molar refractivity (Wildman–Crippen MR) is 74.2 cm³/mol. The van der Waals surface area contributed by atoms with Gasteiger partial charge in [-0.15, -0.1) is 0 Å². The lowest BCUT2D eigenvalue weighted by Crippen LogP contribution is -2.18. The molecule has 96 valence electrons. The Morgan fingerprint density at radius 1 is 0.842 bits per heavy atom. The van der Waals surface area contributed by atoms with Crippen LogP contribution in [-0.2, 0) is 0 Å². The summed E-state index contributed by atoms with van der Waals surface area (Å²) < 4.78 is 0. The summed E-state index contributed by atoms with van der Waals surface area (Å²) in [6, 6.07) is 15.7. The van der Waals surface area contributed by atoms with Crippen molar-refractivity contribution in [1.82, 2.24) is 5.32 Å². The molecule has 4 heteroatoms. The Morgan fingerprint density at radius 2 is 1.53 bits per heavy atom. The van der Waals surface area contributed by atoms with Gasteiger partial charge in [0.05, 0.1) is 0 Å². The third kappa shape index (κ3) is 3.19. The number of rotatable bonds is 3. The maximum atomic E-state index is 12.0. The first-order valence-electron chi connectivity index (χ1n) is 5.89. The number of amides is 2. The number of nitrogens with one attached hydrogen (secondary N) is 2. The molecule has 0 saturated carbocycles. The molecule has 4 nitrogen and oxygen atoms in total. The number of hydrogen-bond donors (Lipinski definition) is 2. The highest BCUT2D eigenvalue weighted by atomic mass is 16.2. The van der Waals surface area contributed by atoms with Gasteiger partial charge < -0.3 is 10.6 Å². The molecule has 0 aliphatic heterocycles. The van der Waals surface area contributed by atoms with Crippen LogP contribution in [0.5, 0.6) is 0 Å². The molecule has 0 bridgehead atoms. The van der Waals surface area contributed by atoms with Crippen LogP contribution in [0.15, 0.2) is 54.6 Å². The van der Waals surface area contributed by atoms with Crippen LogP contribution in [0.2, 0.25) is 0 Å². The summed E-state index contributed by atoms with van der Waals surface area (Å²) in [7, 11) is 1.57. The highest BCUT2D eigenvalue weighted by Crippen LogP contribution is 2.12. The molecule has 0 radical (unpaired) electrons. The van der Waals surface area contributed by atoms with E-state index in [0.717, 1.165) is 0 Å². The Morgan fingerprint density at radius 3 is 2.21 bits per heavy atom. The zero-order chi connectivity index (χ0) is 13.7. The molecule has 0 aromatic heterocycles. The number of carbonyl (C=O) groups is 2. The van der Waals surface area contributed by atoms with E-state index in [2.05, 4.69) is 10.6 Å². The molecule has 0 aliphatic carbocycles. The van der Waals surface area contributed by atoms with Crippen LogP contribution >= 0.6 is 0 Å². The zero-order valence-corrected chi connectivity index (χ0v) is 10.5. The van der Waals surface area contributed by atoms with Crippen molar-refractivity contribution >= 4 is 17.5 Å². The van der Waals surface area contributed by atoms with Crippen LogP contribution in [0.4, 0.5) is 5.69 Å². The van der Waals surface area contributed by atoms with Gasteiger partial charge in [-0.2, -0.15) is 0 Å². The van der Waals surface area contributed by atoms with Gasteiger partial charge in [-0.3, -0.25) is 9.59 Å². The highest BCUT2D eigenvalue weighted by molar-refractivity contribution is 6.05. The third-order valence-electron chi connectivity index (χ3n) is 2.65. The summed E-state index contributed by atoms with van der Waals surface area (Å²) in [4.78, 5) is 23.5. The lowest BCUT2D eigenvalue weighted by atomic mass is 10.1. The minimum absolute atomic E-state index is 0.184. The first-order valence-corrected chi connectivity index (χ1v) is 5.89. The average molecular weight is 254 g/mol. The number of benzene rings is 2. The van der Waals surface area contributed by atoms with E-state index in [-0.39, 0.29) is 11.8 Å². The zero-order valence-electron chi connectivity index (χ0n) is 10.5. The molecule has 2 rings (SSSR count). The summed E-state index contributed by atoms with van der Waals surface area (Å²) in [6.07, 6.45) is 0. The summed E-state index contributed by atoms with van der Waals surface area (Å²) in [6.45, 7) is 0. The van der Waals surface area contributed by atoms with Crippen LogP contribution in [0, 0.1) is 0 Å². The van der Waals surface area contributed by atoms with E-state index in [1.165, 1.54) is 0 Å². The lowest BCUT2D eigenvalue weighted by Gasteiger charge is -2.07. The topological polar surface area (TPSA) is 58.2 Å². The fourth-order valence-corrected chi connectivity index (χ4v) is 1.68. The number of carbonyl (C=O) groups excluding carboxylic acids is 2. The Balaban J connectivity index is 2.16. The minimum Gasteiger partial charge on any atom is -0.355 e. The molecule has 0 fully saturated rings. The molecule has 0 heterocycles. The Bertz CT molecular complexity index is 594. The van der Waals surface area contributed by atoms with Crippen molar-refractivity contribution in [2.75, 3.05) is 12.4 Å². The van der Waals surface area contributed by atoms with Crippen LogP contribution in [0.3, 0.4) is 0 Å². The first-order chi connectivity index (χ1) is 9.20. The quantitative estimate of drug-likeness (QED) is 0.883. The molecule has 0 aliphatic rings. The molecular weight excluding hydrogens is 240 g/mol. The fraction of sp³-hybridized carbons (Fsp3) is 0.0667. The molecule has 19 heavy (non-hydrogen) atoms. The maximum absolute atomic E-state index is 12.0. The lowest BCUT2D eigenvalue weighted by molar-refractivity contribution is 0.0961. The molecule has 0 unspecified atom stereocenters. The second kappa shape index (κ2) is 5.82. The van der Waals surface area contributed by atoms with Gasteiger partial charge in [0.15, 0.2) is 0 Å². The second-order valence-electron chi connectivity index (χ2n) is 3.98. The Kier molecular flexibility index (Phi) is 3.93. The molecule has 2 aromatic rings. The molecule has 0 saturated heterocycles. The van der Waals surface area contributed by atoms with Gasteiger partial charge in [-0.05, 0) is 30.3 Å². The van der Waals surface area contributed by atoms with Crippen LogP contribution < -0.4 is 10.6 Å². The van der Waals surface area contributed by atoms with Gasteiger partial charge in [0.1, 0.15) is 0 Å². The summed E-state index contributed by atoms with van der Waals surface area (Å²) in [5, 5.41) is 5.30. The van der Waals surface area contributed by atoms with Crippen molar-refractivity contribution in [3.05, 3.63) is 65.7 Å². The number of anilines is 1. The van der Waals surface area contributed by atoms with Gasteiger partial charge in [0, 0.05) is 23.9 Å². The van der Waals surface area contributed by atoms with E-state index in [1.807, 2.05) is 6.07 Å². The van der Waals surface area contributed by atoms with Crippen molar-refractivity contribution in [2.45, 2.75) is 0 Å². The molecule has 2 N–H and O–H groups in total.